The lowest BCUT2D eigenvalue weighted by Gasteiger charge is -2.03. The van der Waals surface area contributed by atoms with Crippen molar-refractivity contribution in [2.24, 2.45) is 0 Å². The lowest BCUT2D eigenvalue weighted by molar-refractivity contribution is 0.185. The Balaban J connectivity index is 2.40. The van der Waals surface area contributed by atoms with Crippen LogP contribution in [0.5, 0.6) is 0 Å². The molecule has 5 heteroatoms. The fraction of sp³-hybridized carbons (Fsp3) is 0.182. The molecule has 0 fully saturated rings. The highest BCUT2D eigenvalue weighted by molar-refractivity contribution is 5.70. The molecule has 4 N–H and O–H groups in total. The van der Waals surface area contributed by atoms with Gasteiger partial charge in [0, 0.05) is 12.7 Å². The van der Waals surface area contributed by atoms with Gasteiger partial charge in [-0.25, -0.2) is 9.66 Å². The van der Waals surface area contributed by atoms with Gasteiger partial charge in [0.25, 0.3) is 0 Å². The monoisotopic (exact) mass is 218 g/mol. The van der Waals surface area contributed by atoms with Crippen molar-refractivity contribution in [3.63, 3.8) is 0 Å². The van der Waals surface area contributed by atoms with Gasteiger partial charge >= 0.3 is 0 Å². The lowest BCUT2D eigenvalue weighted by Crippen LogP contribution is -2.09. The fourth-order valence-corrected chi connectivity index (χ4v) is 1.57. The average molecular weight is 218 g/mol. The summed E-state index contributed by atoms with van der Waals surface area (Å²) in [5, 5.41) is 0. The van der Waals surface area contributed by atoms with E-state index in [4.69, 9.17) is 16.3 Å². The van der Waals surface area contributed by atoms with Crippen LogP contribution in [0.15, 0.2) is 30.6 Å². The zero-order valence-electron chi connectivity index (χ0n) is 9.05. The summed E-state index contributed by atoms with van der Waals surface area (Å²) >= 11 is 0. The van der Waals surface area contributed by atoms with Gasteiger partial charge in [-0.1, -0.05) is 18.2 Å². The Morgan fingerprint density at radius 1 is 1.44 bits per heavy atom. The van der Waals surface area contributed by atoms with Gasteiger partial charge in [0.05, 0.1) is 6.61 Å². The summed E-state index contributed by atoms with van der Waals surface area (Å²) in [4.78, 5) is 4.16. The molecule has 0 unspecified atom stereocenters. The van der Waals surface area contributed by atoms with E-state index in [9.17, 15) is 0 Å². The third kappa shape index (κ3) is 1.85. The van der Waals surface area contributed by atoms with Gasteiger partial charge in [-0.05, 0) is 11.6 Å². The number of methoxy groups -OCH3 is 1. The molecule has 5 nitrogen and oxygen atoms in total. The second kappa shape index (κ2) is 4.24. The number of aromatic nitrogens is 2. The molecule has 1 aromatic heterocycles. The summed E-state index contributed by atoms with van der Waals surface area (Å²) in [5.74, 6) is 6.03. The normalized spacial score (nSPS) is 10.6. The molecule has 0 aliphatic carbocycles. The molecule has 1 aromatic carbocycles. The molecular formula is C11H14N4O. The van der Waals surface area contributed by atoms with Crippen LogP contribution in [0.2, 0.25) is 0 Å². The van der Waals surface area contributed by atoms with Crippen molar-refractivity contribution in [1.82, 2.24) is 9.66 Å². The predicted octanol–water partition coefficient (Wildman–Crippen LogP) is 0.993. The van der Waals surface area contributed by atoms with Crippen LogP contribution in [0.1, 0.15) is 5.56 Å². The Morgan fingerprint density at radius 3 is 2.88 bits per heavy atom. The highest BCUT2D eigenvalue weighted by atomic mass is 16.5. The summed E-state index contributed by atoms with van der Waals surface area (Å²) in [6.07, 6.45) is 1.49. The van der Waals surface area contributed by atoms with Crippen LogP contribution in [0, 0.1) is 0 Å². The van der Waals surface area contributed by atoms with Gasteiger partial charge in [-0.15, -0.1) is 0 Å². The van der Waals surface area contributed by atoms with Crippen molar-refractivity contribution in [2.75, 3.05) is 18.7 Å². The van der Waals surface area contributed by atoms with E-state index in [0.717, 1.165) is 11.1 Å². The first-order chi connectivity index (χ1) is 7.72. The number of rotatable bonds is 3. The minimum absolute atomic E-state index is 0.453. The van der Waals surface area contributed by atoms with Crippen molar-refractivity contribution in [3.05, 3.63) is 36.2 Å². The van der Waals surface area contributed by atoms with Crippen LogP contribution < -0.4 is 11.6 Å². The molecule has 0 amide bonds. The maximum Gasteiger partial charge on any atom is 0.150 e. The third-order valence-electron chi connectivity index (χ3n) is 2.34. The number of anilines is 1. The molecule has 0 radical (unpaired) electrons. The number of ether oxygens (including phenoxy) is 1. The Hall–Kier alpha value is -2.01. The van der Waals surface area contributed by atoms with Gasteiger partial charge < -0.3 is 16.3 Å². The largest absolute Gasteiger partial charge is 0.382 e. The fourth-order valence-electron chi connectivity index (χ4n) is 1.57. The SMILES string of the molecule is COCc1cccc(-c2ncn(N)c2N)c1. The highest BCUT2D eigenvalue weighted by Crippen LogP contribution is 2.23. The van der Waals surface area contributed by atoms with Crippen LogP contribution in [-0.2, 0) is 11.3 Å². The van der Waals surface area contributed by atoms with E-state index in [-0.39, 0.29) is 0 Å². The summed E-state index contributed by atoms with van der Waals surface area (Å²) < 4.78 is 6.38. The summed E-state index contributed by atoms with van der Waals surface area (Å²) in [6.45, 7) is 0.567. The number of imidazole rings is 1. The van der Waals surface area contributed by atoms with Gasteiger partial charge in [0.1, 0.15) is 17.8 Å². The molecule has 2 aromatic rings. The first-order valence-electron chi connectivity index (χ1n) is 4.88. The number of nitrogens with zero attached hydrogens (tertiary/aromatic N) is 2. The zero-order chi connectivity index (χ0) is 11.5. The van der Waals surface area contributed by atoms with Gasteiger partial charge in [-0.2, -0.15) is 0 Å². The van der Waals surface area contributed by atoms with E-state index in [1.807, 2.05) is 24.3 Å². The van der Waals surface area contributed by atoms with E-state index >= 15 is 0 Å². The number of hydrogen-bond acceptors (Lipinski definition) is 4. The molecule has 2 rings (SSSR count). The van der Waals surface area contributed by atoms with E-state index in [0.29, 0.717) is 18.1 Å². The number of nitrogen functional groups attached to an aromatic ring is 2. The molecule has 1 heterocycles. The second-order valence-corrected chi connectivity index (χ2v) is 3.52. The van der Waals surface area contributed by atoms with Crippen molar-refractivity contribution in [2.45, 2.75) is 6.61 Å². The smallest absolute Gasteiger partial charge is 0.150 e. The first-order valence-corrected chi connectivity index (χ1v) is 4.88. The molecule has 0 bridgehead atoms. The van der Waals surface area contributed by atoms with Crippen LogP contribution >= 0.6 is 0 Å². The summed E-state index contributed by atoms with van der Waals surface area (Å²) in [7, 11) is 1.66. The Labute approximate surface area is 93.6 Å². The number of hydrogen-bond donors (Lipinski definition) is 2. The number of benzene rings is 1. The molecule has 0 aliphatic heterocycles. The highest BCUT2D eigenvalue weighted by Gasteiger charge is 2.08. The van der Waals surface area contributed by atoms with Gasteiger partial charge in [0.15, 0.2) is 0 Å². The molecule has 84 valence electrons. The lowest BCUT2D eigenvalue weighted by atomic mass is 10.1. The van der Waals surface area contributed by atoms with Crippen molar-refractivity contribution in [3.8, 4) is 11.3 Å². The average Bonchev–Trinajstić information content (AvgIpc) is 2.61. The molecule has 0 saturated heterocycles. The molecule has 16 heavy (non-hydrogen) atoms. The van der Waals surface area contributed by atoms with E-state index in [2.05, 4.69) is 4.98 Å². The predicted molar refractivity (Wildman–Crippen MR) is 62.9 cm³/mol. The molecule has 0 aliphatic rings. The van der Waals surface area contributed by atoms with E-state index in [1.165, 1.54) is 11.0 Å². The van der Waals surface area contributed by atoms with Gasteiger partial charge in [-0.3, -0.25) is 0 Å². The number of nitrogens with two attached hydrogens (primary N) is 2. The Kier molecular flexibility index (Phi) is 2.78. The van der Waals surface area contributed by atoms with Gasteiger partial charge in [0.2, 0.25) is 0 Å². The minimum Gasteiger partial charge on any atom is -0.382 e. The van der Waals surface area contributed by atoms with Crippen LogP contribution in [0.25, 0.3) is 11.3 Å². The van der Waals surface area contributed by atoms with Crippen LogP contribution in [0.4, 0.5) is 5.82 Å². The second-order valence-electron chi connectivity index (χ2n) is 3.52. The Morgan fingerprint density at radius 2 is 2.25 bits per heavy atom. The van der Waals surface area contributed by atoms with Crippen LogP contribution in [-0.4, -0.2) is 16.8 Å². The molecular weight excluding hydrogens is 204 g/mol. The van der Waals surface area contributed by atoms with Crippen molar-refractivity contribution >= 4 is 5.82 Å². The molecule has 0 saturated carbocycles. The summed E-state index contributed by atoms with van der Waals surface area (Å²) in [6, 6.07) is 7.86. The molecule has 0 spiro atoms. The molecule has 0 atom stereocenters. The van der Waals surface area contributed by atoms with Crippen molar-refractivity contribution in [1.29, 1.82) is 0 Å². The van der Waals surface area contributed by atoms with E-state index in [1.54, 1.807) is 7.11 Å². The zero-order valence-corrected chi connectivity index (χ0v) is 9.05. The first kappa shape index (κ1) is 10.5. The van der Waals surface area contributed by atoms with Crippen LogP contribution in [0.3, 0.4) is 0 Å². The maximum absolute atomic E-state index is 5.80. The third-order valence-corrected chi connectivity index (χ3v) is 2.34. The van der Waals surface area contributed by atoms with Crippen molar-refractivity contribution < 1.29 is 4.74 Å². The quantitative estimate of drug-likeness (QED) is 0.753. The maximum atomic E-state index is 5.80. The van der Waals surface area contributed by atoms with E-state index < -0.39 is 0 Å². The standard InChI is InChI=1S/C11H14N4O/c1-16-6-8-3-2-4-9(5-8)10-11(12)15(13)7-14-10/h2-5,7H,6,12-13H2,1H3. The Bertz CT molecular complexity index is 492. The minimum atomic E-state index is 0.453. The topological polar surface area (TPSA) is 79.1 Å². The summed E-state index contributed by atoms with van der Waals surface area (Å²) in [5.41, 5.74) is 8.51.